The molecule has 0 aromatic rings. The lowest BCUT2D eigenvalue weighted by Gasteiger charge is -2.33. The zero-order valence-corrected chi connectivity index (χ0v) is 17.9. The lowest BCUT2D eigenvalue weighted by Crippen LogP contribution is -2.55. The van der Waals surface area contributed by atoms with Crippen molar-refractivity contribution in [1.82, 2.24) is 0 Å². The Hall–Kier alpha value is -2.07. The molecule has 0 saturated carbocycles. The third-order valence-electron chi connectivity index (χ3n) is 6.03. The molecule has 0 aromatic heterocycles. The fourth-order valence-electron chi connectivity index (χ4n) is 3.82. The number of ether oxygens (including phenoxy) is 4. The lowest BCUT2D eigenvalue weighted by molar-refractivity contribution is -0.261. The highest BCUT2D eigenvalue weighted by atomic mass is 32.2. The quantitative estimate of drug-likeness (QED) is 0.210. The van der Waals surface area contributed by atoms with Gasteiger partial charge >= 0.3 is 29.3 Å². The predicted octanol–water partition coefficient (Wildman–Crippen LogP) is 0.885. The van der Waals surface area contributed by atoms with E-state index in [0.29, 0.717) is 6.42 Å². The van der Waals surface area contributed by atoms with Gasteiger partial charge in [0, 0.05) is 0 Å². The number of halogens is 5. The molecule has 0 aromatic carbocycles. The van der Waals surface area contributed by atoms with Crippen LogP contribution in [0.1, 0.15) is 27.2 Å². The molecule has 10 nitrogen and oxygen atoms in total. The molecule has 2 bridgehead atoms. The maximum atomic E-state index is 13.7. The zero-order valence-electron chi connectivity index (χ0n) is 17.1. The van der Waals surface area contributed by atoms with Gasteiger partial charge in [-0.1, -0.05) is 6.92 Å². The van der Waals surface area contributed by atoms with Crippen molar-refractivity contribution < 1.29 is 68.3 Å². The Balaban J connectivity index is 1.90. The van der Waals surface area contributed by atoms with Crippen molar-refractivity contribution in [2.24, 2.45) is 17.3 Å². The fourth-order valence-corrected chi connectivity index (χ4v) is 4.26. The molecule has 3 aliphatic rings. The number of rotatable bonds is 7. The van der Waals surface area contributed by atoms with Crippen LogP contribution in [-0.2, 0) is 43.4 Å². The monoisotopic (exact) mass is 509 g/mol. The highest BCUT2D eigenvalue weighted by molar-refractivity contribution is 7.86. The molecule has 3 fully saturated rings. The van der Waals surface area contributed by atoms with E-state index >= 15 is 0 Å². The molecule has 33 heavy (non-hydrogen) atoms. The van der Waals surface area contributed by atoms with E-state index in [0.717, 1.165) is 0 Å². The second-order valence-electron chi connectivity index (χ2n) is 8.50. The molecule has 0 N–H and O–H groups in total. The van der Waals surface area contributed by atoms with Crippen molar-refractivity contribution in [3.63, 3.8) is 0 Å². The van der Waals surface area contributed by atoms with Gasteiger partial charge in [0.05, 0.1) is 5.41 Å². The number of carbonyl (C=O) groups is 3. The Morgan fingerprint density at radius 1 is 1.12 bits per heavy atom. The fraction of sp³-hybridized carbons (Fsp3) is 0.824. The maximum absolute atomic E-state index is 13.7. The van der Waals surface area contributed by atoms with Crippen LogP contribution in [-0.4, -0.2) is 72.8 Å². The van der Waals surface area contributed by atoms with Crippen molar-refractivity contribution >= 4 is 28.0 Å². The summed E-state index contributed by atoms with van der Waals surface area (Å²) in [5.41, 5.74) is -1.04. The SMILES string of the molecule is CCC(C)(C)C(=O)OC1C2OC(=O)C3C2OC1C3C(=O)OC(C(F)(F)F)C(F)(F)S(=O)(=O)[O-]. The van der Waals surface area contributed by atoms with Crippen LogP contribution >= 0.6 is 0 Å². The summed E-state index contributed by atoms with van der Waals surface area (Å²) in [7, 11) is -6.90. The Kier molecular flexibility index (Phi) is 5.98. The van der Waals surface area contributed by atoms with E-state index in [9.17, 15) is 49.3 Å². The van der Waals surface area contributed by atoms with Gasteiger partial charge in [-0.2, -0.15) is 22.0 Å². The van der Waals surface area contributed by atoms with E-state index in [-0.39, 0.29) is 0 Å². The average Bonchev–Trinajstić information content (AvgIpc) is 3.27. The van der Waals surface area contributed by atoms with E-state index in [4.69, 9.17) is 14.2 Å². The van der Waals surface area contributed by atoms with Crippen LogP contribution in [0.3, 0.4) is 0 Å². The second kappa shape index (κ2) is 7.73. The molecule has 0 spiro atoms. The molecule has 0 aliphatic carbocycles. The van der Waals surface area contributed by atoms with Gasteiger partial charge < -0.3 is 23.5 Å². The molecule has 16 heteroatoms. The van der Waals surface area contributed by atoms with Crippen LogP contribution in [0.15, 0.2) is 0 Å². The van der Waals surface area contributed by atoms with Gasteiger partial charge in [-0.05, 0) is 20.3 Å². The molecule has 3 aliphatic heterocycles. The van der Waals surface area contributed by atoms with Gasteiger partial charge in [0.15, 0.2) is 22.3 Å². The van der Waals surface area contributed by atoms with Crippen LogP contribution in [0.4, 0.5) is 22.0 Å². The van der Waals surface area contributed by atoms with Gasteiger partial charge in [0.1, 0.15) is 24.0 Å². The van der Waals surface area contributed by atoms with Crippen molar-refractivity contribution in [2.75, 3.05) is 0 Å². The number of alkyl halides is 5. The smallest absolute Gasteiger partial charge is 0.432 e. The average molecular weight is 509 g/mol. The van der Waals surface area contributed by atoms with Crippen molar-refractivity contribution in [3.8, 4) is 0 Å². The molecule has 7 unspecified atom stereocenters. The third kappa shape index (κ3) is 4.05. The molecule has 0 amide bonds. The van der Waals surface area contributed by atoms with Crippen LogP contribution < -0.4 is 0 Å². The molecule has 3 heterocycles. The topological polar surface area (TPSA) is 145 Å². The predicted molar refractivity (Wildman–Crippen MR) is 90.1 cm³/mol. The molecular weight excluding hydrogens is 491 g/mol. The van der Waals surface area contributed by atoms with E-state index in [1.54, 1.807) is 6.92 Å². The number of hydrogen-bond donors (Lipinski definition) is 0. The minimum atomic E-state index is -6.90. The first-order valence-electron chi connectivity index (χ1n) is 9.52. The van der Waals surface area contributed by atoms with Crippen LogP contribution in [0.5, 0.6) is 0 Å². The summed E-state index contributed by atoms with van der Waals surface area (Å²) in [5.74, 6) is -7.58. The van der Waals surface area contributed by atoms with Crippen LogP contribution in [0.2, 0.25) is 0 Å². The third-order valence-corrected chi connectivity index (χ3v) is 6.91. The molecular formula is C17H18F5O10S-. The largest absolute Gasteiger partial charge is 0.743 e. The van der Waals surface area contributed by atoms with E-state index in [2.05, 4.69) is 4.74 Å². The summed E-state index contributed by atoms with van der Waals surface area (Å²) in [4.78, 5) is 37.1. The van der Waals surface area contributed by atoms with Gasteiger partial charge in [0.2, 0.25) is 0 Å². The molecule has 3 rings (SSSR count). The first kappa shape index (κ1) is 25.6. The zero-order chi connectivity index (χ0) is 25.3. The second-order valence-corrected chi connectivity index (χ2v) is 9.95. The molecule has 3 saturated heterocycles. The molecule has 188 valence electrons. The summed E-state index contributed by atoms with van der Waals surface area (Å²) >= 11 is 0. The van der Waals surface area contributed by atoms with E-state index < -0.39 is 87.2 Å². The summed E-state index contributed by atoms with van der Waals surface area (Å²) in [6, 6.07) is 0. The standard InChI is InChI=1S/C17H19F5O10S/c1-4-15(2,3)14(25)31-10-8-6(5-7(29-8)9(10)30-11(5)23)12(24)32-13(16(18,19)20)17(21,22)33(26,27)28/h5-10,13H,4H2,1-3H3,(H,26,27,28)/p-1. The molecule has 7 atom stereocenters. The summed E-state index contributed by atoms with van der Waals surface area (Å²) in [5, 5.41) is -6.06. The first-order valence-corrected chi connectivity index (χ1v) is 10.9. The van der Waals surface area contributed by atoms with E-state index in [1.807, 2.05) is 0 Å². The molecule has 0 radical (unpaired) electrons. The lowest BCUT2D eigenvalue weighted by atomic mass is 9.78. The van der Waals surface area contributed by atoms with Gasteiger partial charge in [-0.15, -0.1) is 0 Å². The number of fused-ring (bicyclic) bond motifs is 1. The Morgan fingerprint density at radius 2 is 1.70 bits per heavy atom. The minimum absolute atomic E-state index is 0.304. The van der Waals surface area contributed by atoms with Gasteiger partial charge in [-0.25, -0.2) is 8.42 Å². The summed E-state index contributed by atoms with van der Waals surface area (Å²) in [6.07, 6.45) is -16.0. The number of esters is 3. The van der Waals surface area contributed by atoms with Crippen molar-refractivity contribution in [2.45, 2.75) is 69.1 Å². The highest BCUT2D eigenvalue weighted by Gasteiger charge is 2.73. The Labute approximate surface area is 183 Å². The minimum Gasteiger partial charge on any atom is -0.743 e. The summed E-state index contributed by atoms with van der Waals surface area (Å²) < 4.78 is 118. The number of hydrogen-bond acceptors (Lipinski definition) is 10. The first-order chi connectivity index (χ1) is 14.8. The van der Waals surface area contributed by atoms with Crippen molar-refractivity contribution in [1.29, 1.82) is 0 Å². The van der Waals surface area contributed by atoms with Crippen LogP contribution in [0.25, 0.3) is 0 Å². The number of carbonyl (C=O) groups excluding carboxylic acids is 3. The maximum Gasteiger partial charge on any atom is 0.432 e. The van der Waals surface area contributed by atoms with Crippen LogP contribution in [0, 0.1) is 17.3 Å². The summed E-state index contributed by atoms with van der Waals surface area (Å²) in [6.45, 7) is 4.68. The highest BCUT2D eigenvalue weighted by Crippen LogP contribution is 2.52. The van der Waals surface area contributed by atoms with Gasteiger partial charge in [-0.3, -0.25) is 14.4 Å². The normalized spacial score (nSPS) is 32.5. The van der Waals surface area contributed by atoms with Gasteiger partial charge in [0.25, 0.3) is 6.10 Å². The van der Waals surface area contributed by atoms with E-state index in [1.165, 1.54) is 13.8 Å². The van der Waals surface area contributed by atoms with Crippen molar-refractivity contribution in [3.05, 3.63) is 0 Å². The Bertz CT molecular complexity index is 962. The Morgan fingerprint density at radius 3 is 2.18 bits per heavy atom.